The topological polar surface area (TPSA) is 116 Å². The largest absolute Gasteiger partial charge is 0.493 e. The molecule has 1 heterocycles. The number of nitrogens with two attached hydrogens (primary N) is 1. The van der Waals surface area contributed by atoms with Crippen molar-refractivity contribution in [1.82, 2.24) is 5.43 Å². The third-order valence-corrected chi connectivity index (χ3v) is 4.28. The molecule has 0 saturated heterocycles. The average Bonchev–Trinajstić information content (AvgIpc) is 3.11. The highest BCUT2D eigenvalue weighted by molar-refractivity contribution is 9.10. The number of halogens is 1. The molecule has 0 aliphatic heterocycles. The summed E-state index contributed by atoms with van der Waals surface area (Å²) in [4.78, 5) is 23.0. The summed E-state index contributed by atoms with van der Waals surface area (Å²) >= 11 is 3.33. The number of methoxy groups -OCH3 is 1. The molecule has 144 valence electrons. The van der Waals surface area contributed by atoms with Crippen molar-refractivity contribution in [3.8, 4) is 11.5 Å². The normalized spacial score (nSPS) is 10.9. The van der Waals surface area contributed by atoms with Crippen LogP contribution in [0, 0.1) is 0 Å². The van der Waals surface area contributed by atoms with E-state index in [1.165, 1.54) is 13.3 Å². The van der Waals surface area contributed by atoms with Crippen LogP contribution in [0.5, 0.6) is 11.5 Å². The van der Waals surface area contributed by atoms with Crippen LogP contribution in [-0.4, -0.2) is 31.7 Å². The summed E-state index contributed by atoms with van der Waals surface area (Å²) in [6.07, 6.45) is 1.46. The molecule has 0 saturated carbocycles. The Morgan fingerprint density at radius 2 is 2.07 bits per heavy atom. The molecule has 0 fully saturated rings. The molecule has 2 aromatic carbocycles. The number of nitrogens with one attached hydrogen (secondary N) is 1. The number of hydrogen-bond donors (Lipinski definition) is 2. The van der Waals surface area contributed by atoms with Gasteiger partial charge in [0.05, 0.1) is 17.8 Å². The molecule has 0 aliphatic rings. The smallest absolute Gasteiger partial charge is 0.307 e. The minimum atomic E-state index is -0.566. The summed E-state index contributed by atoms with van der Waals surface area (Å²) in [5, 5.41) is 4.68. The number of nitrogens with zero attached hydrogens (tertiary/aromatic N) is 1. The van der Waals surface area contributed by atoms with Crippen LogP contribution in [0.4, 0.5) is 0 Å². The van der Waals surface area contributed by atoms with Crippen molar-refractivity contribution in [3.05, 3.63) is 58.3 Å². The van der Waals surface area contributed by atoms with Crippen molar-refractivity contribution in [3.63, 3.8) is 0 Å². The molecule has 0 aliphatic carbocycles. The predicted molar refractivity (Wildman–Crippen MR) is 107 cm³/mol. The van der Waals surface area contributed by atoms with Gasteiger partial charge in [0.15, 0.2) is 23.7 Å². The Balaban J connectivity index is 1.66. The van der Waals surface area contributed by atoms with Crippen LogP contribution in [0.2, 0.25) is 0 Å². The number of ether oxygens (including phenoxy) is 2. The quantitative estimate of drug-likeness (QED) is 0.428. The lowest BCUT2D eigenvalue weighted by atomic mass is 10.2. The highest BCUT2D eigenvalue weighted by Gasteiger charge is 2.14. The van der Waals surface area contributed by atoms with Crippen LogP contribution < -0.4 is 20.6 Å². The zero-order valence-electron chi connectivity index (χ0n) is 14.8. The van der Waals surface area contributed by atoms with Gasteiger partial charge in [0.25, 0.3) is 5.91 Å². The second-order valence-electron chi connectivity index (χ2n) is 5.63. The van der Waals surface area contributed by atoms with E-state index < -0.39 is 11.8 Å². The summed E-state index contributed by atoms with van der Waals surface area (Å²) in [6.45, 7) is -0.218. The summed E-state index contributed by atoms with van der Waals surface area (Å²) in [5.74, 6) is 0.0752. The first-order chi connectivity index (χ1) is 13.5. The number of hydrazone groups is 1. The first kappa shape index (κ1) is 19.4. The van der Waals surface area contributed by atoms with E-state index in [4.69, 9.17) is 19.6 Å². The van der Waals surface area contributed by atoms with Gasteiger partial charge in [0.1, 0.15) is 5.75 Å². The van der Waals surface area contributed by atoms with Gasteiger partial charge >= 0.3 is 5.91 Å². The molecular formula is C19H16BrN3O5. The number of carbonyl (C=O) groups is 2. The number of amides is 2. The van der Waals surface area contributed by atoms with Gasteiger partial charge in [-0.2, -0.15) is 5.10 Å². The van der Waals surface area contributed by atoms with Crippen molar-refractivity contribution in [2.75, 3.05) is 13.7 Å². The van der Waals surface area contributed by atoms with Crippen LogP contribution in [0.3, 0.4) is 0 Å². The molecule has 0 atom stereocenters. The van der Waals surface area contributed by atoms with E-state index >= 15 is 0 Å². The fourth-order valence-electron chi connectivity index (χ4n) is 2.39. The zero-order chi connectivity index (χ0) is 20.1. The number of para-hydroxylation sites is 1. The van der Waals surface area contributed by atoms with Gasteiger partial charge in [0.2, 0.25) is 0 Å². The van der Waals surface area contributed by atoms with Gasteiger partial charge < -0.3 is 19.6 Å². The third kappa shape index (κ3) is 4.49. The molecule has 3 N–H and O–H groups in total. The van der Waals surface area contributed by atoms with Crippen molar-refractivity contribution >= 4 is 44.9 Å². The SMILES string of the molecule is COc1cccc2cc(C(=O)N/N=C\c3ccc(OCC(N)=O)c(Br)c3)oc12. The van der Waals surface area contributed by atoms with E-state index in [-0.39, 0.29) is 12.4 Å². The number of furan rings is 1. The van der Waals surface area contributed by atoms with E-state index in [1.807, 2.05) is 12.1 Å². The zero-order valence-corrected chi connectivity index (χ0v) is 16.4. The second-order valence-corrected chi connectivity index (χ2v) is 6.49. The van der Waals surface area contributed by atoms with Gasteiger partial charge in [-0.15, -0.1) is 0 Å². The standard InChI is InChI=1S/C19H16BrN3O5/c1-26-15-4-2-3-12-8-16(28-18(12)15)19(25)23-22-9-11-5-6-14(13(20)7-11)27-10-17(21)24/h2-9H,10H2,1H3,(H2,21,24)(H,23,25)/b22-9-. The molecule has 8 nitrogen and oxygen atoms in total. The van der Waals surface area contributed by atoms with E-state index in [1.54, 1.807) is 30.3 Å². The van der Waals surface area contributed by atoms with E-state index in [0.29, 0.717) is 27.1 Å². The van der Waals surface area contributed by atoms with Crippen LogP contribution in [0.25, 0.3) is 11.0 Å². The number of benzene rings is 2. The maximum absolute atomic E-state index is 12.2. The van der Waals surface area contributed by atoms with Gasteiger partial charge in [0, 0.05) is 5.39 Å². The molecule has 0 spiro atoms. The molecular weight excluding hydrogens is 430 g/mol. The Morgan fingerprint density at radius 1 is 1.25 bits per heavy atom. The van der Waals surface area contributed by atoms with Crippen LogP contribution in [-0.2, 0) is 4.79 Å². The Morgan fingerprint density at radius 3 is 2.79 bits per heavy atom. The molecule has 3 aromatic rings. The minimum Gasteiger partial charge on any atom is -0.493 e. The Kier molecular flexibility index (Phi) is 5.95. The predicted octanol–water partition coefficient (Wildman–Crippen LogP) is 2.83. The van der Waals surface area contributed by atoms with E-state index in [2.05, 4.69) is 26.5 Å². The molecule has 0 bridgehead atoms. The molecule has 28 heavy (non-hydrogen) atoms. The van der Waals surface area contributed by atoms with Crippen molar-refractivity contribution in [1.29, 1.82) is 0 Å². The molecule has 0 radical (unpaired) electrons. The molecule has 1 aromatic heterocycles. The van der Waals surface area contributed by atoms with E-state index in [9.17, 15) is 9.59 Å². The average molecular weight is 446 g/mol. The van der Waals surface area contributed by atoms with E-state index in [0.717, 1.165) is 5.39 Å². The second kappa shape index (κ2) is 8.57. The van der Waals surface area contributed by atoms with Crippen molar-refractivity contribution in [2.24, 2.45) is 10.8 Å². The number of fused-ring (bicyclic) bond motifs is 1. The first-order valence-corrected chi connectivity index (χ1v) is 8.88. The third-order valence-electron chi connectivity index (χ3n) is 3.66. The fraction of sp³-hybridized carbons (Fsp3) is 0.105. The number of rotatable bonds is 7. The molecule has 2 amide bonds. The van der Waals surface area contributed by atoms with Gasteiger partial charge in [-0.1, -0.05) is 12.1 Å². The van der Waals surface area contributed by atoms with Crippen molar-refractivity contribution in [2.45, 2.75) is 0 Å². The van der Waals surface area contributed by atoms with Crippen LogP contribution >= 0.6 is 15.9 Å². The Hall–Kier alpha value is -3.33. The molecule has 9 heteroatoms. The monoisotopic (exact) mass is 445 g/mol. The maximum atomic E-state index is 12.2. The molecule has 0 unspecified atom stereocenters. The highest BCUT2D eigenvalue weighted by Crippen LogP contribution is 2.28. The number of primary amides is 1. The van der Waals surface area contributed by atoms with Crippen LogP contribution in [0.1, 0.15) is 16.1 Å². The summed E-state index contributed by atoms with van der Waals surface area (Å²) in [5.41, 5.74) is 8.65. The lowest BCUT2D eigenvalue weighted by Gasteiger charge is -2.06. The lowest BCUT2D eigenvalue weighted by molar-refractivity contribution is -0.119. The summed E-state index contributed by atoms with van der Waals surface area (Å²) < 4.78 is 16.6. The lowest BCUT2D eigenvalue weighted by Crippen LogP contribution is -2.20. The number of hydrogen-bond acceptors (Lipinski definition) is 6. The minimum absolute atomic E-state index is 0.119. The summed E-state index contributed by atoms with van der Waals surface area (Å²) in [6, 6.07) is 12.1. The van der Waals surface area contributed by atoms with Gasteiger partial charge in [-0.3, -0.25) is 9.59 Å². The number of carbonyl (C=O) groups excluding carboxylic acids is 2. The highest BCUT2D eigenvalue weighted by atomic mass is 79.9. The first-order valence-electron chi connectivity index (χ1n) is 8.08. The Bertz CT molecular complexity index is 1060. The summed E-state index contributed by atoms with van der Waals surface area (Å²) in [7, 11) is 1.53. The van der Waals surface area contributed by atoms with Gasteiger partial charge in [-0.25, -0.2) is 5.43 Å². The van der Waals surface area contributed by atoms with Gasteiger partial charge in [-0.05, 0) is 51.8 Å². The molecule has 3 rings (SSSR count). The van der Waals surface area contributed by atoms with Crippen LogP contribution in [0.15, 0.2) is 56.5 Å². The Labute approximate surface area is 168 Å². The maximum Gasteiger partial charge on any atom is 0.307 e. The van der Waals surface area contributed by atoms with Crippen molar-refractivity contribution < 1.29 is 23.5 Å². The fourth-order valence-corrected chi connectivity index (χ4v) is 2.90.